The molecule has 0 bridgehead atoms. The van der Waals surface area contributed by atoms with Crippen molar-refractivity contribution in [3.63, 3.8) is 0 Å². The van der Waals surface area contributed by atoms with Crippen LogP contribution < -0.4 is 15.5 Å². The van der Waals surface area contributed by atoms with Crippen molar-refractivity contribution in [3.8, 4) is 5.75 Å². The molecule has 1 amide bonds. The summed E-state index contributed by atoms with van der Waals surface area (Å²) in [4.78, 5) is 38.9. The van der Waals surface area contributed by atoms with Crippen molar-refractivity contribution < 1.29 is 18.7 Å². The Morgan fingerprint density at radius 1 is 1.03 bits per heavy atom. The summed E-state index contributed by atoms with van der Waals surface area (Å²) in [7, 11) is 1.47. The van der Waals surface area contributed by atoms with E-state index in [1.165, 1.54) is 36.1 Å². The van der Waals surface area contributed by atoms with Gasteiger partial charge in [0.2, 0.25) is 11.3 Å². The molecule has 166 valence electrons. The van der Waals surface area contributed by atoms with Crippen LogP contribution in [0.15, 0.2) is 77.7 Å². The van der Waals surface area contributed by atoms with E-state index >= 15 is 0 Å². The number of pyridine rings is 1. The Bertz CT molecular complexity index is 1410. The van der Waals surface area contributed by atoms with Crippen LogP contribution in [0.25, 0.3) is 10.9 Å². The summed E-state index contributed by atoms with van der Waals surface area (Å²) in [6.07, 6.45) is 1.35. The minimum atomic E-state index is -0.573. The molecular formula is C25H18ClFN2O4. The second-order valence-electron chi connectivity index (χ2n) is 7.27. The van der Waals surface area contributed by atoms with Gasteiger partial charge >= 0.3 is 0 Å². The molecular weight excluding hydrogens is 447 g/mol. The van der Waals surface area contributed by atoms with E-state index < -0.39 is 17.0 Å². The molecule has 1 heterocycles. The molecule has 0 atom stereocenters. The number of anilines is 1. The van der Waals surface area contributed by atoms with Gasteiger partial charge in [0.1, 0.15) is 18.1 Å². The molecule has 4 aromatic rings. The van der Waals surface area contributed by atoms with Crippen LogP contribution in [0.1, 0.15) is 15.9 Å². The Balaban J connectivity index is 1.77. The van der Waals surface area contributed by atoms with Gasteiger partial charge in [0, 0.05) is 22.5 Å². The number of halogens is 2. The number of nitrogens with zero attached hydrogens (tertiary/aromatic N) is 1. The van der Waals surface area contributed by atoms with E-state index in [0.29, 0.717) is 22.0 Å². The van der Waals surface area contributed by atoms with Gasteiger partial charge in [-0.3, -0.25) is 14.4 Å². The van der Waals surface area contributed by atoms with Crippen molar-refractivity contribution >= 4 is 39.9 Å². The summed E-state index contributed by atoms with van der Waals surface area (Å²) in [6.45, 7) is -0.157. The van der Waals surface area contributed by atoms with Gasteiger partial charge in [-0.1, -0.05) is 11.6 Å². The molecule has 0 saturated carbocycles. The number of ether oxygens (including phenoxy) is 1. The third-order valence-corrected chi connectivity index (χ3v) is 5.33. The zero-order valence-electron chi connectivity index (χ0n) is 17.5. The highest BCUT2D eigenvalue weighted by Crippen LogP contribution is 2.21. The number of nitrogens with one attached hydrogen (secondary N) is 1. The summed E-state index contributed by atoms with van der Waals surface area (Å²) in [5, 5.41) is 3.52. The summed E-state index contributed by atoms with van der Waals surface area (Å²) in [5.41, 5.74) is 0.531. The molecule has 0 saturated heterocycles. The third kappa shape index (κ3) is 4.78. The quantitative estimate of drug-likeness (QED) is 0.420. The predicted octanol–water partition coefficient (Wildman–Crippen LogP) is 4.67. The van der Waals surface area contributed by atoms with Crippen molar-refractivity contribution in [1.82, 2.24) is 4.57 Å². The molecule has 0 aliphatic carbocycles. The smallest absolute Gasteiger partial charge is 0.244 e. The van der Waals surface area contributed by atoms with Crippen LogP contribution in [0, 0.1) is 5.82 Å². The molecule has 3 aromatic carbocycles. The van der Waals surface area contributed by atoms with Gasteiger partial charge in [-0.25, -0.2) is 4.39 Å². The largest absolute Gasteiger partial charge is 0.497 e. The minimum absolute atomic E-state index is 0.137. The van der Waals surface area contributed by atoms with E-state index in [2.05, 4.69) is 5.32 Å². The fourth-order valence-electron chi connectivity index (χ4n) is 3.44. The number of amides is 1. The first-order valence-electron chi connectivity index (χ1n) is 9.92. The fourth-order valence-corrected chi connectivity index (χ4v) is 3.57. The molecule has 0 aliphatic heterocycles. The molecule has 0 fully saturated rings. The van der Waals surface area contributed by atoms with E-state index in [1.807, 2.05) is 0 Å². The summed E-state index contributed by atoms with van der Waals surface area (Å²) < 4.78 is 20.0. The van der Waals surface area contributed by atoms with Gasteiger partial charge < -0.3 is 14.6 Å². The van der Waals surface area contributed by atoms with Gasteiger partial charge in [0.25, 0.3) is 0 Å². The lowest BCUT2D eigenvalue weighted by Crippen LogP contribution is -2.24. The Morgan fingerprint density at radius 3 is 2.39 bits per heavy atom. The van der Waals surface area contributed by atoms with E-state index in [1.54, 1.807) is 36.4 Å². The molecule has 1 N–H and O–H groups in total. The summed E-state index contributed by atoms with van der Waals surface area (Å²) in [6, 6.07) is 16.4. The van der Waals surface area contributed by atoms with Crippen molar-refractivity contribution in [1.29, 1.82) is 0 Å². The summed E-state index contributed by atoms with van der Waals surface area (Å²) >= 11 is 5.88. The first kappa shape index (κ1) is 22.2. The normalized spacial score (nSPS) is 10.8. The molecule has 1 aromatic heterocycles. The van der Waals surface area contributed by atoms with Gasteiger partial charge in [-0.05, 0) is 66.7 Å². The van der Waals surface area contributed by atoms with Crippen molar-refractivity contribution in [2.75, 3.05) is 12.4 Å². The molecule has 0 spiro atoms. The second kappa shape index (κ2) is 9.26. The maximum absolute atomic E-state index is 13.3. The zero-order chi connectivity index (χ0) is 23.5. The van der Waals surface area contributed by atoms with E-state index in [4.69, 9.17) is 16.3 Å². The van der Waals surface area contributed by atoms with Crippen LogP contribution in [-0.2, 0) is 11.3 Å². The number of methoxy groups -OCH3 is 1. The van der Waals surface area contributed by atoms with Crippen LogP contribution >= 0.6 is 11.6 Å². The molecule has 6 nitrogen and oxygen atoms in total. The average Bonchev–Trinajstić information content (AvgIpc) is 2.82. The highest BCUT2D eigenvalue weighted by Gasteiger charge is 2.19. The SMILES string of the molecule is COc1ccc2c(c1)c(=O)c(C(=O)c1ccc(F)cc1)cn2CC(=O)Nc1ccc(Cl)cc1. The van der Waals surface area contributed by atoms with Crippen LogP contribution in [0.2, 0.25) is 5.02 Å². The van der Waals surface area contributed by atoms with E-state index in [9.17, 15) is 18.8 Å². The molecule has 4 rings (SSSR count). The Morgan fingerprint density at radius 2 is 1.73 bits per heavy atom. The number of carbonyl (C=O) groups excluding carboxylic acids is 2. The number of rotatable bonds is 6. The summed E-state index contributed by atoms with van der Waals surface area (Å²) in [5.74, 6) is -0.996. The van der Waals surface area contributed by atoms with Gasteiger partial charge in [0.15, 0.2) is 5.78 Å². The Hall–Kier alpha value is -3.97. The molecule has 0 radical (unpaired) electrons. The first-order chi connectivity index (χ1) is 15.9. The Labute approximate surface area is 193 Å². The highest BCUT2D eigenvalue weighted by atomic mass is 35.5. The maximum Gasteiger partial charge on any atom is 0.244 e. The lowest BCUT2D eigenvalue weighted by Gasteiger charge is -2.14. The van der Waals surface area contributed by atoms with E-state index in [0.717, 1.165) is 12.1 Å². The fraction of sp³-hybridized carbons (Fsp3) is 0.0800. The van der Waals surface area contributed by atoms with Crippen molar-refractivity contribution in [2.24, 2.45) is 0 Å². The lowest BCUT2D eigenvalue weighted by molar-refractivity contribution is -0.116. The van der Waals surface area contributed by atoms with Crippen LogP contribution in [0.5, 0.6) is 5.75 Å². The van der Waals surface area contributed by atoms with Crippen LogP contribution in [0.4, 0.5) is 10.1 Å². The van der Waals surface area contributed by atoms with Gasteiger partial charge in [0.05, 0.1) is 23.6 Å². The standard InChI is InChI=1S/C25H18ClFN2O4/c1-33-19-10-11-22-20(12-19)25(32)21(24(31)15-2-6-17(27)7-3-15)13-29(22)14-23(30)28-18-8-4-16(26)5-9-18/h2-13H,14H2,1H3,(H,28,30). The second-order valence-corrected chi connectivity index (χ2v) is 7.71. The zero-order valence-corrected chi connectivity index (χ0v) is 18.2. The molecule has 0 aliphatic rings. The topological polar surface area (TPSA) is 77.4 Å². The molecule has 0 unspecified atom stereocenters. The maximum atomic E-state index is 13.3. The highest BCUT2D eigenvalue weighted by molar-refractivity contribution is 6.30. The number of ketones is 1. The van der Waals surface area contributed by atoms with Crippen LogP contribution in [0.3, 0.4) is 0 Å². The first-order valence-corrected chi connectivity index (χ1v) is 10.3. The third-order valence-electron chi connectivity index (χ3n) is 5.08. The number of carbonyl (C=O) groups is 2. The minimum Gasteiger partial charge on any atom is -0.497 e. The number of hydrogen-bond acceptors (Lipinski definition) is 4. The number of hydrogen-bond donors (Lipinski definition) is 1. The monoisotopic (exact) mass is 464 g/mol. The molecule has 33 heavy (non-hydrogen) atoms. The molecule has 8 heteroatoms. The van der Waals surface area contributed by atoms with E-state index in [-0.39, 0.29) is 29.0 Å². The predicted molar refractivity (Wildman–Crippen MR) is 125 cm³/mol. The number of fused-ring (bicyclic) bond motifs is 1. The van der Waals surface area contributed by atoms with Crippen molar-refractivity contribution in [2.45, 2.75) is 6.54 Å². The van der Waals surface area contributed by atoms with Crippen LogP contribution in [-0.4, -0.2) is 23.4 Å². The van der Waals surface area contributed by atoms with Gasteiger partial charge in [-0.2, -0.15) is 0 Å². The number of aromatic nitrogens is 1. The van der Waals surface area contributed by atoms with Gasteiger partial charge in [-0.15, -0.1) is 0 Å². The van der Waals surface area contributed by atoms with Crippen molar-refractivity contribution in [3.05, 3.63) is 105 Å². The number of benzene rings is 3. The Kier molecular flexibility index (Phi) is 6.24. The average molecular weight is 465 g/mol. The lowest BCUT2D eigenvalue weighted by atomic mass is 10.0.